The lowest BCUT2D eigenvalue weighted by Gasteiger charge is -2.34. The van der Waals surface area contributed by atoms with Gasteiger partial charge in [0.2, 0.25) is 5.91 Å². The van der Waals surface area contributed by atoms with Crippen molar-refractivity contribution in [2.24, 2.45) is 11.7 Å². The summed E-state index contributed by atoms with van der Waals surface area (Å²) in [5, 5.41) is 9.15. The number of likely N-dealkylation sites (tertiary alicyclic amines) is 1. The van der Waals surface area contributed by atoms with E-state index in [2.05, 4.69) is 0 Å². The Balaban J connectivity index is 1.96. The van der Waals surface area contributed by atoms with Crippen molar-refractivity contribution in [3.05, 3.63) is 0 Å². The van der Waals surface area contributed by atoms with Gasteiger partial charge in [0.1, 0.15) is 0 Å². The van der Waals surface area contributed by atoms with Crippen LogP contribution < -0.4 is 5.73 Å². The molecule has 3 atom stereocenters. The average Bonchev–Trinajstić information content (AvgIpc) is 2.94. The van der Waals surface area contributed by atoms with Crippen LogP contribution in [0.4, 0.5) is 0 Å². The van der Waals surface area contributed by atoms with Crippen LogP contribution >= 0.6 is 0 Å². The second-order valence-corrected chi connectivity index (χ2v) is 4.37. The zero-order valence-corrected chi connectivity index (χ0v) is 8.35. The number of carbonyl (C=O) groups is 1. The normalized spacial score (nSPS) is 37.0. The zero-order chi connectivity index (χ0) is 10.1. The van der Waals surface area contributed by atoms with Gasteiger partial charge in [-0.2, -0.15) is 0 Å². The van der Waals surface area contributed by atoms with Crippen molar-refractivity contribution >= 4 is 5.91 Å². The summed E-state index contributed by atoms with van der Waals surface area (Å²) in [4.78, 5) is 13.7. The molecule has 2 fully saturated rings. The number of aliphatic hydroxyl groups is 1. The van der Waals surface area contributed by atoms with Gasteiger partial charge in [-0.1, -0.05) is 0 Å². The maximum absolute atomic E-state index is 11.9. The fourth-order valence-electron chi connectivity index (χ4n) is 2.19. The van der Waals surface area contributed by atoms with E-state index in [1.807, 2.05) is 4.90 Å². The Morgan fingerprint density at radius 2 is 2.21 bits per heavy atom. The second kappa shape index (κ2) is 3.87. The molecule has 2 aliphatic rings. The third-order valence-electron chi connectivity index (χ3n) is 3.28. The quantitative estimate of drug-likeness (QED) is 0.640. The molecule has 0 bridgehead atoms. The summed E-state index contributed by atoms with van der Waals surface area (Å²) in [6.45, 7) is 0.890. The summed E-state index contributed by atoms with van der Waals surface area (Å²) < 4.78 is 0. The standard InChI is InChI=1S/C10H18N2O2/c11-9-5-8(9)10(14)12-4-2-1-3-7(12)6-13/h7-9,13H,1-6,11H2. The molecule has 4 heteroatoms. The zero-order valence-electron chi connectivity index (χ0n) is 8.35. The minimum absolute atomic E-state index is 0.0437. The van der Waals surface area contributed by atoms with Gasteiger partial charge < -0.3 is 15.7 Å². The lowest BCUT2D eigenvalue weighted by molar-refractivity contribution is -0.137. The molecule has 0 radical (unpaired) electrons. The maximum Gasteiger partial charge on any atom is 0.227 e. The van der Waals surface area contributed by atoms with E-state index in [0.717, 1.165) is 32.2 Å². The van der Waals surface area contributed by atoms with Gasteiger partial charge in [-0.05, 0) is 25.7 Å². The predicted octanol–water partition coefficient (Wildman–Crippen LogP) is -0.293. The molecule has 1 saturated carbocycles. The van der Waals surface area contributed by atoms with Crippen molar-refractivity contribution in [2.45, 2.75) is 37.8 Å². The van der Waals surface area contributed by atoms with Gasteiger partial charge in [0.15, 0.2) is 0 Å². The first-order valence-electron chi connectivity index (χ1n) is 5.41. The first-order chi connectivity index (χ1) is 6.74. The minimum Gasteiger partial charge on any atom is -0.394 e. The molecule has 1 heterocycles. The van der Waals surface area contributed by atoms with Crippen LogP contribution in [0.25, 0.3) is 0 Å². The number of nitrogens with two attached hydrogens (primary N) is 1. The molecule has 3 N–H and O–H groups in total. The van der Waals surface area contributed by atoms with Crippen molar-refractivity contribution in [2.75, 3.05) is 13.2 Å². The predicted molar refractivity (Wildman–Crippen MR) is 52.5 cm³/mol. The highest BCUT2D eigenvalue weighted by molar-refractivity contribution is 5.82. The van der Waals surface area contributed by atoms with Crippen molar-refractivity contribution < 1.29 is 9.90 Å². The third kappa shape index (κ3) is 1.77. The van der Waals surface area contributed by atoms with Gasteiger partial charge in [0.25, 0.3) is 0 Å². The molecule has 14 heavy (non-hydrogen) atoms. The second-order valence-electron chi connectivity index (χ2n) is 4.37. The van der Waals surface area contributed by atoms with Gasteiger partial charge in [-0.15, -0.1) is 0 Å². The summed E-state index contributed by atoms with van der Waals surface area (Å²) in [6, 6.07) is 0.118. The monoisotopic (exact) mass is 198 g/mol. The lowest BCUT2D eigenvalue weighted by Crippen LogP contribution is -2.46. The van der Waals surface area contributed by atoms with Crippen molar-refractivity contribution in [1.82, 2.24) is 4.90 Å². The Labute approximate surface area is 84.1 Å². The number of aliphatic hydroxyl groups excluding tert-OH is 1. The van der Waals surface area contributed by atoms with Crippen molar-refractivity contribution in [3.63, 3.8) is 0 Å². The molecule has 80 valence electrons. The van der Waals surface area contributed by atoms with E-state index in [9.17, 15) is 4.79 Å². The van der Waals surface area contributed by atoms with Crippen LogP contribution in [0.3, 0.4) is 0 Å². The highest BCUT2D eigenvalue weighted by atomic mass is 16.3. The molecular formula is C10H18N2O2. The molecule has 2 rings (SSSR count). The molecule has 0 aromatic carbocycles. The molecule has 0 aromatic heterocycles. The number of rotatable bonds is 2. The molecule has 1 aliphatic carbocycles. The molecule has 0 aromatic rings. The fraction of sp³-hybridized carbons (Fsp3) is 0.900. The van der Waals surface area contributed by atoms with Crippen LogP contribution in [0.15, 0.2) is 0 Å². The number of nitrogens with zero attached hydrogens (tertiary/aromatic N) is 1. The number of hydrogen-bond donors (Lipinski definition) is 2. The molecule has 3 unspecified atom stereocenters. The highest BCUT2D eigenvalue weighted by Crippen LogP contribution is 2.32. The number of carbonyl (C=O) groups excluding carboxylic acids is 1. The van der Waals surface area contributed by atoms with Crippen molar-refractivity contribution in [3.8, 4) is 0 Å². The van der Waals surface area contributed by atoms with Gasteiger partial charge in [-0.25, -0.2) is 0 Å². The maximum atomic E-state index is 11.9. The Kier molecular flexibility index (Phi) is 2.74. The van der Waals surface area contributed by atoms with Gasteiger partial charge in [0, 0.05) is 12.6 Å². The van der Waals surface area contributed by atoms with Crippen LogP contribution in [-0.2, 0) is 4.79 Å². The van der Waals surface area contributed by atoms with Crippen LogP contribution in [0.5, 0.6) is 0 Å². The SMILES string of the molecule is NC1CC1C(=O)N1CCCCC1CO. The number of amides is 1. The Morgan fingerprint density at radius 3 is 2.79 bits per heavy atom. The highest BCUT2D eigenvalue weighted by Gasteiger charge is 2.44. The summed E-state index contributed by atoms with van der Waals surface area (Å²) in [6.07, 6.45) is 3.94. The molecule has 1 aliphatic heterocycles. The molecule has 1 amide bonds. The molecular weight excluding hydrogens is 180 g/mol. The van der Waals surface area contributed by atoms with Crippen LogP contribution in [0, 0.1) is 5.92 Å². The van der Waals surface area contributed by atoms with E-state index >= 15 is 0 Å². The summed E-state index contributed by atoms with van der Waals surface area (Å²) in [5.41, 5.74) is 5.65. The third-order valence-corrected chi connectivity index (χ3v) is 3.28. The lowest BCUT2D eigenvalue weighted by atomic mass is 10.0. The van der Waals surface area contributed by atoms with E-state index < -0.39 is 0 Å². The molecule has 1 saturated heterocycles. The van der Waals surface area contributed by atoms with Gasteiger partial charge in [0.05, 0.1) is 18.6 Å². The Bertz CT molecular complexity index is 232. The van der Waals surface area contributed by atoms with E-state index in [-0.39, 0.29) is 30.5 Å². The van der Waals surface area contributed by atoms with E-state index in [0.29, 0.717) is 0 Å². The van der Waals surface area contributed by atoms with Gasteiger partial charge >= 0.3 is 0 Å². The largest absolute Gasteiger partial charge is 0.394 e. The number of piperidine rings is 1. The number of hydrogen-bond acceptors (Lipinski definition) is 3. The Morgan fingerprint density at radius 1 is 1.50 bits per heavy atom. The molecule has 4 nitrogen and oxygen atoms in total. The summed E-state index contributed by atoms with van der Waals surface area (Å²) in [7, 11) is 0. The summed E-state index contributed by atoms with van der Waals surface area (Å²) >= 11 is 0. The van der Waals surface area contributed by atoms with E-state index in [4.69, 9.17) is 10.8 Å². The summed E-state index contributed by atoms with van der Waals surface area (Å²) in [5.74, 6) is 0.207. The Hall–Kier alpha value is -0.610. The average molecular weight is 198 g/mol. The first-order valence-corrected chi connectivity index (χ1v) is 5.41. The van der Waals surface area contributed by atoms with Crippen LogP contribution in [-0.4, -0.2) is 41.1 Å². The first kappa shape index (κ1) is 9.93. The van der Waals surface area contributed by atoms with E-state index in [1.54, 1.807) is 0 Å². The van der Waals surface area contributed by atoms with Crippen LogP contribution in [0.2, 0.25) is 0 Å². The van der Waals surface area contributed by atoms with E-state index in [1.165, 1.54) is 0 Å². The fourth-order valence-corrected chi connectivity index (χ4v) is 2.19. The molecule has 0 spiro atoms. The smallest absolute Gasteiger partial charge is 0.227 e. The van der Waals surface area contributed by atoms with Crippen molar-refractivity contribution in [1.29, 1.82) is 0 Å². The van der Waals surface area contributed by atoms with Gasteiger partial charge in [-0.3, -0.25) is 4.79 Å². The minimum atomic E-state index is 0.0437. The van der Waals surface area contributed by atoms with Crippen LogP contribution in [0.1, 0.15) is 25.7 Å². The topological polar surface area (TPSA) is 66.6 Å².